The highest BCUT2D eigenvalue weighted by Gasteiger charge is 2.68. The lowest BCUT2D eigenvalue weighted by Crippen LogP contribution is -2.52. The maximum atomic E-state index is 16.2. The van der Waals surface area contributed by atoms with Crippen molar-refractivity contribution in [3.63, 3.8) is 0 Å². The lowest BCUT2D eigenvalue weighted by atomic mass is 9.73. The fraction of sp³-hybridized carbons (Fsp3) is 0.297. The Bertz CT molecular complexity index is 1850. The number of amides is 1. The molecule has 2 saturated heterocycles. The molecule has 2 fully saturated rings. The second-order valence-corrected chi connectivity index (χ2v) is 13.0. The van der Waals surface area contributed by atoms with Gasteiger partial charge in [-0.25, -0.2) is 9.18 Å². The Morgan fingerprint density at radius 2 is 1.79 bits per heavy atom. The first kappa shape index (κ1) is 31.6. The van der Waals surface area contributed by atoms with E-state index in [0.29, 0.717) is 48.0 Å². The molecule has 0 aromatic heterocycles. The number of carbonyl (C=O) groups excluding carboxylic acids is 2. The summed E-state index contributed by atoms with van der Waals surface area (Å²) in [6, 6.07) is 24.9. The van der Waals surface area contributed by atoms with Crippen LogP contribution in [0.4, 0.5) is 10.1 Å². The number of nitrogens with one attached hydrogen (secondary N) is 2. The van der Waals surface area contributed by atoms with Gasteiger partial charge in [0.15, 0.2) is 0 Å². The Morgan fingerprint density at radius 3 is 2.55 bits per heavy atom. The third-order valence-electron chi connectivity index (χ3n) is 9.64. The molecule has 0 bridgehead atoms. The van der Waals surface area contributed by atoms with Gasteiger partial charge in [0.25, 0.3) is 0 Å². The van der Waals surface area contributed by atoms with E-state index < -0.39 is 17.3 Å². The van der Waals surface area contributed by atoms with Crippen molar-refractivity contribution < 1.29 is 23.5 Å². The van der Waals surface area contributed by atoms with E-state index in [9.17, 15) is 9.59 Å². The van der Waals surface area contributed by atoms with Gasteiger partial charge >= 0.3 is 5.97 Å². The van der Waals surface area contributed by atoms with E-state index in [-0.39, 0.29) is 35.0 Å². The summed E-state index contributed by atoms with van der Waals surface area (Å²) in [5.74, 6) is -1.09. The number of nitrogens with zero attached hydrogens (tertiary/aromatic N) is 1. The maximum Gasteiger partial charge on any atom is 0.338 e. The molecule has 4 aromatic rings. The van der Waals surface area contributed by atoms with Crippen LogP contribution in [0.2, 0.25) is 10.0 Å². The fourth-order valence-corrected chi connectivity index (χ4v) is 8.20. The van der Waals surface area contributed by atoms with Crippen LogP contribution < -0.4 is 15.4 Å². The van der Waals surface area contributed by atoms with Gasteiger partial charge in [-0.2, -0.15) is 0 Å². The zero-order valence-corrected chi connectivity index (χ0v) is 27.4. The fourth-order valence-electron chi connectivity index (χ4n) is 7.84. The molecule has 7 rings (SSSR count). The summed E-state index contributed by atoms with van der Waals surface area (Å²) in [6.45, 7) is 4.92. The lowest BCUT2D eigenvalue weighted by Gasteiger charge is -2.41. The molecule has 5 atom stereocenters. The normalized spacial score (nSPS) is 24.7. The van der Waals surface area contributed by atoms with Crippen LogP contribution in [-0.2, 0) is 21.6 Å². The second kappa shape index (κ2) is 12.6. The highest BCUT2D eigenvalue weighted by molar-refractivity contribution is 6.31. The first-order valence-corrected chi connectivity index (χ1v) is 16.6. The number of rotatable bonds is 8. The van der Waals surface area contributed by atoms with Gasteiger partial charge in [-0.1, -0.05) is 65.7 Å². The summed E-state index contributed by atoms with van der Waals surface area (Å²) < 4.78 is 27.2. The van der Waals surface area contributed by atoms with Crippen LogP contribution in [0.3, 0.4) is 0 Å². The molecule has 0 aliphatic carbocycles. The quantitative estimate of drug-likeness (QED) is 0.187. The molecule has 1 amide bonds. The van der Waals surface area contributed by atoms with E-state index in [4.69, 9.17) is 32.7 Å². The summed E-state index contributed by atoms with van der Waals surface area (Å²) >= 11 is 12.8. The van der Waals surface area contributed by atoms with Crippen LogP contribution in [-0.4, -0.2) is 42.1 Å². The van der Waals surface area contributed by atoms with E-state index >= 15 is 4.39 Å². The lowest BCUT2D eigenvalue weighted by molar-refractivity contribution is -0.128. The van der Waals surface area contributed by atoms with Crippen LogP contribution in [0.5, 0.6) is 5.75 Å². The summed E-state index contributed by atoms with van der Waals surface area (Å²) in [7, 11) is 0. The Labute approximate surface area is 283 Å². The van der Waals surface area contributed by atoms with Crippen molar-refractivity contribution in [1.82, 2.24) is 10.2 Å². The monoisotopic (exact) mass is 673 g/mol. The minimum Gasteiger partial charge on any atom is -0.494 e. The summed E-state index contributed by atoms with van der Waals surface area (Å²) in [5.41, 5.74) is 2.83. The van der Waals surface area contributed by atoms with E-state index in [1.807, 2.05) is 49.4 Å². The predicted octanol–water partition coefficient (Wildman–Crippen LogP) is 7.63. The summed E-state index contributed by atoms with van der Waals surface area (Å²) in [5, 5.41) is 7.38. The van der Waals surface area contributed by atoms with E-state index in [2.05, 4.69) is 15.5 Å². The van der Waals surface area contributed by atoms with Crippen molar-refractivity contribution in [2.24, 2.45) is 0 Å². The molecule has 3 aliphatic heterocycles. The molecule has 10 heteroatoms. The van der Waals surface area contributed by atoms with Crippen molar-refractivity contribution in [2.45, 2.75) is 56.4 Å². The number of fused-ring (bicyclic) bond motifs is 3. The summed E-state index contributed by atoms with van der Waals surface area (Å²) in [4.78, 5) is 29.2. The average molecular weight is 675 g/mol. The third-order valence-corrected chi connectivity index (χ3v) is 10.2. The van der Waals surface area contributed by atoms with Crippen LogP contribution in [0.1, 0.15) is 64.8 Å². The van der Waals surface area contributed by atoms with Crippen molar-refractivity contribution in [3.8, 4) is 5.75 Å². The topological polar surface area (TPSA) is 79.9 Å². The highest BCUT2D eigenvalue weighted by Crippen LogP contribution is 2.61. The Balaban J connectivity index is 1.38. The maximum absolute atomic E-state index is 16.2. The smallest absolute Gasteiger partial charge is 0.338 e. The van der Waals surface area contributed by atoms with Gasteiger partial charge in [0, 0.05) is 46.9 Å². The SMILES string of the molecule is CCOC(=O)c1ccc([C@H]2C[C@H]3[C@@H](N2)[C@H](c2cccc(Cl)c2F)[C@]2(C(=O)Nc4cc(Cl)ccc42)N3Cc2cccc(OCC)c2)cc1. The minimum atomic E-state index is -1.28. The second-order valence-electron chi connectivity index (χ2n) is 12.1. The van der Waals surface area contributed by atoms with Gasteiger partial charge in [0.2, 0.25) is 5.91 Å². The van der Waals surface area contributed by atoms with E-state index in [1.54, 1.807) is 43.3 Å². The molecule has 0 unspecified atom stereocenters. The zero-order valence-electron chi connectivity index (χ0n) is 25.9. The minimum absolute atomic E-state index is 0.00380. The highest BCUT2D eigenvalue weighted by atomic mass is 35.5. The van der Waals surface area contributed by atoms with Gasteiger partial charge in [0.05, 0.1) is 23.8 Å². The van der Waals surface area contributed by atoms with Crippen LogP contribution in [0, 0.1) is 5.82 Å². The predicted molar refractivity (Wildman–Crippen MR) is 180 cm³/mol. The van der Waals surface area contributed by atoms with Gasteiger partial charge in [-0.3, -0.25) is 9.69 Å². The van der Waals surface area contributed by atoms with Crippen molar-refractivity contribution in [2.75, 3.05) is 18.5 Å². The molecule has 3 aliphatic rings. The van der Waals surface area contributed by atoms with Crippen molar-refractivity contribution in [1.29, 1.82) is 0 Å². The summed E-state index contributed by atoms with van der Waals surface area (Å²) in [6.07, 6.45) is 0.630. The molecule has 47 heavy (non-hydrogen) atoms. The molecule has 0 radical (unpaired) electrons. The molecular weight excluding hydrogens is 640 g/mol. The number of hydrogen-bond acceptors (Lipinski definition) is 6. The number of esters is 1. The number of carbonyl (C=O) groups is 2. The number of halogens is 3. The standard InChI is InChI=1S/C37H34Cl2FN3O4/c1-3-46-25-8-5-7-21(17-25)20-43-31-19-29(22-11-13-23(14-12-22)35(44)47-4-2)41-34(31)32(26-9-6-10-28(39)33(26)40)37(43)27-16-15-24(38)18-30(27)42-36(37)45/h5-18,29,31-32,34,41H,3-4,19-20H2,1-2H3,(H,42,45)/t29-,31+,32+,34-,37-/m1/s1. The average Bonchev–Trinajstić information content (AvgIpc) is 3.69. The number of anilines is 1. The Morgan fingerprint density at radius 1 is 1.00 bits per heavy atom. The number of ether oxygens (including phenoxy) is 2. The van der Waals surface area contributed by atoms with E-state index in [0.717, 1.165) is 22.4 Å². The first-order valence-electron chi connectivity index (χ1n) is 15.8. The largest absolute Gasteiger partial charge is 0.494 e. The Hall–Kier alpha value is -3.95. The molecule has 4 aromatic carbocycles. The molecule has 242 valence electrons. The van der Waals surface area contributed by atoms with Gasteiger partial charge in [0.1, 0.15) is 17.1 Å². The number of hydrogen-bond donors (Lipinski definition) is 2. The number of benzene rings is 4. The van der Waals surface area contributed by atoms with E-state index in [1.165, 1.54) is 6.07 Å². The first-order chi connectivity index (χ1) is 22.8. The van der Waals surface area contributed by atoms with Crippen LogP contribution in [0.25, 0.3) is 0 Å². The van der Waals surface area contributed by atoms with Crippen LogP contribution in [0.15, 0.2) is 84.9 Å². The van der Waals surface area contributed by atoms with Crippen molar-refractivity contribution >= 4 is 40.8 Å². The van der Waals surface area contributed by atoms with Gasteiger partial charge in [-0.15, -0.1) is 0 Å². The molecule has 0 saturated carbocycles. The van der Waals surface area contributed by atoms with Crippen LogP contribution >= 0.6 is 23.2 Å². The van der Waals surface area contributed by atoms with Crippen molar-refractivity contribution in [3.05, 3.63) is 129 Å². The molecule has 1 spiro atoms. The molecule has 2 N–H and O–H groups in total. The third kappa shape index (κ3) is 5.28. The zero-order chi connectivity index (χ0) is 32.9. The number of likely N-dealkylation sites (tertiary alicyclic amines) is 1. The molecule has 7 nitrogen and oxygen atoms in total. The Kier molecular flexibility index (Phi) is 8.47. The molecule has 3 heterocycles. The van der Waals surface area contributed by atoms with Gasteiger partial charge < -0.3 is 20.1 Å². The molecular formula is C37H34Cl2FN3O4. The van der Waals surface area contributed by atoms with Gasteiger partial charge in [-0.05, 0) is 79.4 Å².